The fourth-order valence-corrected chi connectivity index (χ4v) is 3.24. The van der Waals surface area contributed by atoms with E-state index in [2.05, 4.69) is 4.90 Å². The average Bonchev–Trinajstić information content (AvgIpc) is 2.47. The molecule has 2 aliphatic rings. The van der Waals surface area contributed by atoms with Crippen molar-refractivity contribution in [3.63, 3.8) is 0 Å². The molecular weight excluding hydrogens is 254 g/mol. The largest absolute Gasteiger partial charge is 0.380 e. The molecule has 2 rings (SSSR count). The van der Waals surface area contributed by atoms with Crippen molar-refractivity contribution in [3.05, 3.63) is 0 Å². The summed E-state index contributed by atoms with van der Waals surface area (Å²) < 4.78 is 5.38. The fourth-order valence-electron chi connectivity index (χ4n) is 3.24. The Morgan fingerprint density at radius 2 is 2.00 bits per heavy atom. The number of amides is 1. The highest BCUT2D eigenvalue weighted by atomic mass is 16.5. The summed E-state index contributed by atoms with van der Waals surface area (Å²) in [5.41, 5.74) is 5.99. The van der Waals surface area contributed by atoms with Crippen molar-refractivity contribution in [2.75, 3.05) is 45.9 Å². The fraction of sp³-hybridized carbons (Fsp3) is 0.933. The molecule has 1 aliphatic carbocycles. The first-order valence-electron chi connectivity index (χ1n) is 8.05. The summed E-state index contributed by atoms with van der Waals surface area (Å²) >= 11 is 0. The first-order chi connectivity index (χ1) is 9.70. The quantitative estimate of drug-likeness (QED) is 0.754. The monoisotopic (exact) mass is 283 g/mol. The van der Waals surface area contributed by atoms with Gasteiger partial charge in [0.1, 0.15) is 0 Å². The lowest BCUT2D eigenvalue weighted by Crippen LogP contribution is -2.51. The van der Waals surface area contributed by atoms with Gasteiger partial charge in [0.05, 0.1) is 6.61 Å². The molecule has 0 aromatic carbocycles. The zero-order chi connectivity index (χ0) is 14.4. The van der Waals surface area contributed by atoms with Gasteiger partial charge in [-0.3, -0.25) is 9.69 Å². The van der Waals surface area contributed by atoms with E-state index in [4.69, 9.17) is 10.5 Å². The minimum absolute atomic E-state index is 0.175. The summed E-state index contributed by atoms with van der Waals surface area (Å²) in [7, 11) is 0. The summed E-state index contributed by atoms with van der Waals surface area (Å²) in [5, 5.41) is 0. The molecule has 2 atom stereocenters. The molecule has 5 heteroatoms. The van der Waals surface area contributed by atoms with Crippen LogP contribution >= 0.6 is 0 Å². The number of nitrogens with two attached hydrogens (primary N) is 1. The molecule has 2 fully saturated rings. The predicted octanol–water partition coefficient (Wildman–Crippen LogP) is 0.685. The first kappa shape index (κ1) is 15.7. The van der Waals surface area contributed by atoms with Gasteiger partial charge in [-0.05, 0) is 26.2 Å². The Kier molecular flexibility index (Phi) is 6.26. The van der Waals surface area contributed by atoms with Crippen LogP contribution in [0.25, 0.3) is 0 Å². The van der Waals surface area contributed by atoms with Gasteiger partial charge in [-0.25, -0.2) is 0 Å². The van der Waals surface area contributed by atoms with Gasteiger partial charge in [0.25, 0.3) is 0 Å². The molecule has 20 heavy (non-hydrogen) atoms. The highest BCUT2D eigenvalue weighted by molar-refractivity contribution is 5.79. The summed E-state index contributed by atoms with van der Waals surface area (Å²) in [6.07, 6.45) is 4.08. The highest BCUT2D eigenvalue weighted by Crippen LogP contribution is 2.25. The zero-order valence-electron chi connectivity index (χ0n) is 12.7. The molecule has 0 aromatic rings. The molecule has 0 spiro atoms. The number of piperazine rings is 1. The third-order valence-electron chi connectivity index (χ3n) is 4.50. The maximum Gasteiger partial charge on any atom is 0.225 e. The number of hydrogen-bond donors (Lipinski definition) is 1. The van der Waals surface area contributed by atoms with Crippen LogP contribution < -0.4 is 5.73 Å². The standard InChI is InChI=1S/C15H29N3O2/c1-2-20-11-10-17-6-8-18(9-7-17)15(19)13-4-3-5-14(16)12-13/h13-14H,2-12,16H2,1H3. The molecular formula is C15H29N3O2. The van der Waals surface area contributed by atoms with Crippen molar-refractivity contribution < 1.29 is 9.53 Å². The Balaban J connectivity index is 1.71. The Labute approximate surface area is 122 Å². The average molecular weight is 283 g/mol. The molecule has 2 N–H and O–H groups in total. The molecule has 2 unspecified atom stereocenters. The first-order valence-corrected chi connectivity index (χ1v) is 8.05. The van der Waals surface area contributed by atoms with Crippen LogP contribution in [0, 0.1) is 5.92 Å². The molecule has 0 aromatic heterocycles. The normalized spacial score (nSPS) is 28.6. The molecule has 5 nitrogen and oxygen atoms in total. The van der Waals surface area contributed by atoms with E-state index in [1.165, 1.54) is 0 Å². The summed E-state index contributed by atoms with van der Waals surface area (Å²) in [5.74, 6) is 0.512. The number of ether oxygens (including phenoxy) is 1. The summed E-state index contributed by atoms with van der Waals surface area (Å²) in [4.78, 5) is 16.9. The second kappa shape index (κ2) is 7.96. The van der Waals surface area contributed by atoms with Gasteiger partial charge >= 0.3 is 0 Å². The van der Waals surface area contributed by atoms with Gasteiger partial charge in [-0.1, -0.05) is 6.42 Å². The zero-order valence-corrected chi connectivity index (χ0v) is 12.7. The van der Waals surface area contributed by atoms with Crippen LogP contribution in [-0.4, -0.2) is 67.7 Å². The van der Waals surface area contributed by atoms with Crippen molar-refractivity contribution in [3.8, 4) is 0 Å². The lowest BCUT2D eigenvalue weighted by Gasteiger charge is -2.37. The van der Waals surface area contributed by atoms with Crippen LogP contribution in [0.3, 0.4) is 0 Å². The van der Waals surface area contributed by atoms with E-state index < -0.39 is 0 Å². The van der Waals surface area contributed by atoms with Gasteiger partial charge in [0.2, 0.25) is 5.91 Å². The van der Waals surface area contributed by atoms with Crippen LogP contribution in [0.2, 0.25) is 0 Å². The lowest BCUT2D eigenvalue weighted by atomic mass is 9.85. The van der Waals surface area contributed by atoms with E-state index in [1.54, 1.807) is 0 Å². The van der Waals surface area contributed by atoms with Crippen molar-refractivity contribution in [2.24, 2.45) is 11.7 Å². The summed E-state index contributed by atoms with van der Waals surface area (Å²) in [6.45, 7) is 8.22. The van der Waals surface area contributed by atoms with E-state index in [0.717, 1.165) is 71.6 Å². The molecule has 1 saturated carbocycles. The molecule has 0 radical (unpaired) electrons. The third-order valence-corrected chi connectivity index (χ3v) is 4.50. The molecule has 116 valence electrons. The Bertz CT molecular complexity index is 303. The van der Waals surface area contributed by atoms with Crippen LogP contribution in [0.1, 0.15) is 32.6 Å². The van der Waals surface area contributed by atoms with Gasteiger partial charge < -0.3 is 15.4 Å². The second-order valence-corrected chi connectivity index (χ2v) is 5.99. The third kappa shape index (κ3) is 4.43. The van der Waals surface area contributed by atoms with Crippen molar-refractivity contribution in [1.29, 1.82) is 0 Å². The SMILES string of the molecule is CCOCCN1CCN(C(=O)C2CCCC(N)C2)CC1. The Morgan fingerprint density at radius 1 is 1.25 bits per heavy atom. The van der Waals surface area contributed by atoms with Gasteiger partial charge in [0.15, 0.2) is 0 Å². The van der Waals surface area contributed by atoms with Gasteiger partial charge in [-0.2, -0.15) is 0 Å². The maximum atomic E-state index is 12.5. The minimum atomic E-state index is 0.175. The maximum absolute atomic E-state index is 12.5. The van der Waals surface area contributed by atoms with Crippen molar-refractivity contribution >= 4 is 5.91 Å². The number of hydrogen-bond acceptors (Lipinski definition) is 4. The minimum Gasteiger partial charge on any atom is -0.380 e. The predicted molar refractivity (Wildman–Crippen MR) is 79.4 cm³/mol. The molecule has 1 saturated heterocycles. The second-order valence-electron chi connectivity index (χ2n) is 5.99. The van der Waals surface area contributed by atoms with Crippen LogP contribution in [0.4, 0.5) is 0 Å². The van der Waals surface area contributed by atoms with Gasteiger partial charge in [0, 0.05) is 51.3 Å². The Hall–Kier alpha value is -0.650. The van der Waals surface area contributed by atoms with E-state index in [1.807, 2.05) is 11.8 Å². The molecule has 1 heterocycles. The number of nitrogens with zero attached hydrogens (tertiary/aromatic N) is 2. The van der Waals surface area contributed by atoms with Crippen molar-refractivity contribution in [2.45, 2.75) is 38.6 Å². The van der Waals surface area contributed by atoms with Gasteiger partial charge in [-0.15, -0.1) is 0 Å². The number of carbonyl (C=O) groups is 1. The van der Waals surface area contributed by atoms with E-state index >= 15 is 0 Å². The highest BCUT2D eigenvalue weighted by Gasteiger charge is 2.30. The van der Waals surface area contributed by atoms with E-state index in [0.29, 0.717) is 5.91 Å². The van der Waals surface area contributed by atoms with Crippen LogP contribution in [0.5, 0.6) is 0 Å². The number of carbonyl (C=O) groups excluding carboxylic acids is 1. The van der Waals surface area contributed by atoms with Crippen molar-refractivity contribution in [1.82, 2.24) is 9.80 Å². The topological polar surface area (TPSA) is 58.8 Å². The summed E-state index contributed by atoms with van der Waals surface area (Å²) in [6, 6.07) is 0.227. The van der Waals surface area contributed by atoms with Crippen LogP contribution in [-0.2, 0) is 9.53 Å². The lowest BCUT2D eigenvalue weighted by molar-refractivity contribution is -0.138. The van der Waals surface area contributed by atoms with E-state index in [9.17, 15) is 4.79 Å². The molecule has 0 bridgehead atoms. The molecule has 1 amide bonds. The number of rotatable bonds is 5. The van der Waals surface area contributed by atoms with Crippen LogP contribution in [0.15, 0.2) is 0 Å². The van der Waals surface area contributed by atoms with E-state index in [-0.39, 0.29) is 12.0 Å². The smallest absolute Gasteiger partial charge is 0.225 e. The molecule has 1 aliphatic heterocycles. The Morgan fingerprint density at radius 3 is 2.65 bits per heavy atom.